The number of allylic oxidation sites excluding steroid dienone is 3. The molecule has 1 radical (unpaired) electrons. The van der Waals surface area contributed by atoms with E-state index in [4.69, 9.17) is 4.74 Å². The van der Waals surface area contributed by atoms with Crippen molar-refractivity contribution >= 4 is 0 Å². The Bertz CT molecular complexity index is 416. The van der Waals surface area contributed by atoms with Gasteiger partial charge in [-0.05, 0) is 25.0 Å². The van der Waals surface area contributed by atoms with Crippen molar-refractivity contribution in [2.24, 2.45) is 0 Å². The van der Waals surface area contributed by atoms with Crippen LogP contribution in [0.15, 0.2) is 53.5 Å². The molecule has 16 heavy (non-hydrogen) atoms. The molecule has 1 aliphatic carbocycles. The molecule has 83 valence electrons. The summed E-state index contributed by atoms with van der Waals surface area (Å²) in [7, 11) is 0. The number of benzene rings is 1. The number of aliphatic hydroxyl groups excluding tert-OH is 1. The van der Waals surface area contributed by atoms with E-state index in [1.54, 1.807) is 6.42 Å². The molecule has 0 heterocycles. The van der Waals surface area contributed by atoms with Crippen molar-refractivity contribution in [2.75, 3.05) is 0 Å². The van der Waals surface area contributed by atoms with Gasteiger partial charge < -0.3 is 9.84 Å². The van der Waals surface area contributed by atoms with E-state index in [9.17, 15) is 5.11 Å². The summed E-state index contributed by atoms with van der Waals surface area (Å²) in [5.74, 6) is 1.11. The van der Waals surface area contributed by atoms with Gasteiger partial charge in [0.1, 0.15) is 18.1 Å². The van der Waals surface area contributed by atoms with Crippen LogP contribution in [0.5, 0.6) is 0 Å². The Morgan fingerprint density at radius 2 is 2.00 bits per heavy atom. The first-order chi connectivity index (χ1) is 7.77. The minimum atomic E-state index is 0.325. The van der Waals surface area contributed by atoms with Crippen LogP contribution in [0.3, 0.4) is 0 Å². The smallest absolute Gasteiger partial charge is 0.122 e. The zero-order valence-electron chi connectivity index (χ0n) is 9.31. The Labute approximate surface area is 95.9 Å². The maximum Gasteiger partial charge on any atom is 0.122 e. The third-order valence-corrected chi connectivity index (χ3v) is 2.61. The van der Waals surface area contributed by atoms with Gasteiger partial charge in [0, 0.05) is 12.0 Å². The summed E-state index contributed by atoms with van der Waals surface area (Å²) in [4.78, 5) is 0. The van der Waals surface area contributed by atoms with Gasteiger partial charge in [0.2, 0.25) is 0 Å². The molecule has 2 nitrogen and oxygen atoms in total. The van der Waals surface area contributed by atoms with Crippen molar-refractivity contribution in [1.82, 2.24) is 0 Å². The Morgan fingerprint density at radius 1 is 1.25 bits per heavy atom. The summed E-state index contributed by atoms with van der Waals surface area (Å²) < 4.78 is 5.67. The summed E-state index contributed by atoms with van der Waals surface area (Å²) in [6.07, 6.45) is 4.50. The van der Waals surface area contributed by atoms with Gasteiger partial charge in [-0.1, -0.05) is 30.3 Å². The molecule has 0 amide bonds. The highest BCUT2D eigenvalue weighted by Crippen LogP contribution is 2.24. The van der Waals surface area contributed by atoms with E-state index in [0.29, 0.717) is 12.4 Å². The van der Waals surface area contributed by atoms with E-state index < -0.39 is 0 Å². The maximum atomic E-state index is 9.55. The monoisotopic (exact) mass is 215 g/mol. The van der Waals surface area contributed by atoms with Crippen LogP contribution >= 0.6 is 0 Å². The quantitative estimate of drug-likeness (QED) is 0.835. The van der Waals surface area contributed by atoms with Crippen molar-refractivity contribution in [1.29, 1.82) is 0 Å². The van der Waals surface area contributed by atoms with Crippen LogP contribution in [0.4, 0.5) is 0 Å². The van der Waals surface area contributed by atoms with E-state index in [0.717, 1.165) is 23.3 Å². The molecule has 0 atom stereocenters. The molecule has 0 aromatic heterocycles. The molecule has 0 fully saturated rings. The summed E-state index contributed by atoms with van der Waals surface area (Å²) in [6, 6.07) is 10.0. The second-order valence-electron chi connectivity index (χ2n) is 3.79. The SMILES string of the molecule is CC1=C(O)[CH]CC=C1OCc1ccccc1. The molecule has 0 spiro atoms. The lowest BCUT2D eigenvalue weighted by molar-refractivity contribution is 0.201. The first-order valence-corrected chi connectivity index (χ1v) is 5.37. The largest absolute Gasteiger partial charge is 0.512 e. The molecule has 1 aromatic carbocycles. The average molecular weight is 215 g/mol. The van der Waals surface area contributed by atoms with Gasteiger partial charge in [-0.3, -0.25) is 0 Å². The number of hydrogen-bond donors (Lipinski definition) is 1. The van der Waals surface area contributed by atoms with Gasteiger partial charge in [0.05, 0.1) is 0 Å². The molecule has 2 rings (SSSR count). The minimum Gasteiger partial charge on any atom is -0.512 e. The van der Waals surface area contributed by atoms with Crippen molar-refractivity contribution < 1.29 is 9.84 Å². The van der Waals surface area contributed by atoms with Crippen LogP contribution in [0, 0.1) is 6.42 Å². The molecule has 0 unspecified atom stereocenters. The summed E-state index contributed by atoms with van der Waals surface area (Å²) in [6.45, 7) is 2.40. The molecular weight excluding hydrogens is 200 g/mol. The lowest BCUT2D eigenvalue weighted by Crippen LogP contribution is -2.03. The highest BCUT2D eigenvalue weighted by Gasteiger charge is 2.12. The second kappa shape index (κ2) is 4.88. The molecule has 0 saturated heterocycles. The van der Waals surface area contributed by atoms with Crippen LogP contribution in [0.1, 0.15) is 18.9 Å². The van der Waals surface area contributed by atoms with Crippen LogP contribution in [0.25, 0.3) is 0 Å². The summed E-state index contributed by atoms with van der Waals surface area (Å²) >= 11 is 0. The van der Waals surface area contributed by atoms with E-state index in [2.05, 4.69) is 0 Å². The zero-order chi connectivity index (χ0) is 11.4. The zero-order valence-corrected chi connectivity index (χ0v) is 9.31. The fourth-order valence-electron chi connectivity index (χ4n) is 1.61. The van der Waals surface area contributed by atoms with Gasteiger partial charge >= 0.3 is 0 Å². The molecule has 1 aromatic rings. The normalized spacial score (nSPS) is 15.9. The Kier molecular flexibility index (Phi) is 3.30. The van der Waals surface area contributed by atoms with Crippen LogP contribution in [0.2, 0.25) is 0 Å². The number of aliphatic hydroxyl groups is 1. The lowest BCUT2D eigenvalue weighted by atomic mass is 10.0. The third-order valence-electron chi connectivity index (χ3n) is 2.61. The molecule has 0 saturated carbocycles. The van der Waals surface area contributed by atoms with Gasteiger partial charge in [0.15, 0.2) is 0 Å². The van der Waals surface area contributed by atoms with Crippen molar-refractivity contribution in [3.63, 3.8) is 0 Å². The number of rotatable bonds is 3. The maximum absolute atomic E-state index is 9.55. The Hall–Kier alpha value is -1.70. The molecule has 1 N–H and O–H groups in total. The standard InChI is InChI=1S/C14H15O2/c1-11-13(15)8-5-9-14(11)16-10-12-6-3-2-4-7-12/h2-4,6-9,15H,5,10H2,1H3. The Morgan fingerprint density at radius 3 is 2.75 bits per heavy atom. The van der Waals surface area contributed by atoms with Crippen molar-refractivity contribution in [2.45, 2.75) is 20.0 Å². The van der Waals surface area contributed by atoms with Gasteiger partial charge in [-0.25, -0.2) is 0 Å². The number of hydrogen-bond acceptors (Lipinski definition) is 2. The van der Waals surface area contributed by atoms with Crippen LogP contribution in [-0.2, 0) is 11.3 Å². The molecule has 2 heteroatoms. The Balaban J connectivity index is 1.99. The molecule has 1 aliphatic rings. The van der Waals surface area contributed by atoms with Crippen LogP contribution < -0.4 is 0 Å². The van der Waals surface area contributed by atoms with E-state index in [1.165, 1.54) is 0 Å². The van der Waals surface area contributed by atoms with Gasteiger partial charge in [-0.2, -0.15) is 0 Å². The fourth-order valence-corrected chi connectivity index (χ4v) is 1.61. The van der Waals surface area contributed by atoms with E-state index >= 15 is 0 Å². The minimum absolute atomic E-state index is 0.325. The second-order valence-corrected chi connectivity index (χ2v) is 3.79. The average Bonchev–Trinajstić information content (AvgIpc) is 2.32. The highest BCUT2D eigenvalue weighted by molar-refractivity contribution is 5.34. The molecular formula is C14H15O2. The van der Waals surface area contributed by atoms with Gasteiger partial charge in [0.25, 0.3) is 0 Å². The molecule has 0 bridgehead atoms. The predicted octanol–water partition coefficient (Wildman–Crippen LogP) is 3.53. The summed E-state index contributed by atoms with van der Waals surface area (Å²) in [5.41, 5.74) is 1.94. The summed E-state index contributed by atoms with van der Waals surface area (Å²) in [5, 5.41) is 9.55. The number of ether oxygens (including phenoxy) is 1. The lowest BCUT2D eigenvalue weighted by Gasteiger charge is -2.16. The van der Waals surface area contributed by atoms with E-state index in [1.807, 2.05) is 43.3 Å². The van der Waals surface area contributed by atoms with Crippen LogP contribution in [-0.4, -0.2) is 5.11 Å². The predicted molar refractivity (Wildman–Crippen MR) is 63.6 cm³/mol. The third kappa shape index (κ3) is 2.45. The molecule has 0 aliphatic heterocycles. The van der Waals surface area contributed by atoms with Crippen molar-refractivity contribution in [3.8, 4) is 0 Å². The van der Waals surface area contributed by atoms with Crippen molar-refractivity contribution in [3.05, 3.63) is 65.5 Å². The van der Waals surface area contributed by atoms with E-state index in [-0.39, 0.29) is 0 Å². The fraction of sp³-hybridized carbons (Fsp3) is 0.214. The first-order valence-electron chi connectivity index (χ1n) is 5.37. The topological polar surface area (TPSA) is 29.5 Å². The van der Waals surface area contributed by atoms with Gasteiger partial charge in [-0.15, -0.1) is 0 Å². The highest BCUT2D eigenvalue weighted by atomic mass is 16.5. The first kappa shape index (κ1) is 10.8.